The summed E-state index contributed by atoms with van der Waals surface area (Å²) in [4.78, 5) is 13.9. The molecule has 5 nitrogen and oxygen atoms in total. The third-order valence-corrected chi connectivity index (χ3v) is 2.96. The predicted octanol–water partition coefficient (Wildman–Crippen LogP) is 1.17. The van der Waals surface area contributed by atoms with Gasteiger partial charge >= 0.3 is 6.03 Å². The number of nitrogens with zero attached hydrogens (tertiary/aromatic N) is 1. The van der Waals surface area contributed by atoms with Gasteiger partial charge in [0.15, 0.2) is 0 Å². The zero-order valence-electron chi connectivity index (χ0n) is 10.1. The molecule has 1 saturated heterocycles. The average Bonchev–Trinajstić information content (AvgIpc) is 2.79. The van der Waals surface area contributed by atoms with Gasteiger partial charge in [-0.25, -0.2) is 4.79 Å². The maximum absolute atomic E-state index is 11.6. The van der Waals surface area contributed by atoms with E-state index in [4.69, 9.17) is 4.42 Å². The normalized spacial score (nSPS) is 21.1. The summed E-state index contributed by atoms with van der Waals surface area (Å²) >= 11 is 0. The minimum Gasteiger partial charge on any atom is -0.467 e. The number of carbonyl (C=O) groups is 1. The van der Waals surface area contributed by atoms with Crippen LogP contribution in [0.25, 0.3) is 0 Å². The summed E-state index contributed by atoms with van der Waals surface area (Å²) in [5.41, 5.74) is 0. The minimum absolute atomic E-state index is 0.123. The Balaban J connectivity index is 1.70. The van der Waals surface area contributed by atoms with Gasteiger partial charge < -0.3 is 20.0 Å². The van der Waals surface area contributed by atoms with Crippen LogP contribution in [0.5, 0.6) is 0 Å². The molecule has 0 saturated carbocycles. The molecule has 0 spiro atoms. The molecule has 2 heterocycles. The van der Waals surface area contributed by atoms with Crippen molar-refractivity contribution in [3.05, 3.63) is 24.2 Å². The summed E-state index contributed by atoms with van der Waals surface area (Å²) in [6, 6.07) is 3.78. The zero-order chi connectivity index (χ0) is 12.1. The second kappa shape index (κ2) is 5.72. The van der Waals surface area contributed by atoms with Gasteiger partial charge in [-0.3, -0.25) is 0 Å². The van der Waals surface area contributed by atoms with Crippen LogP contribution in [0.2, 0.25) is 0 Å². The van der Waals surface area contributed by atoms with E-state index in [9.17, 15) is 4.79 Å². The van der Waals surface area contributed by atoms with Crippen LogP contribution >= 0.6 is 0 Å². The first-order valence-electron chi connectivity index (χ1n) is 5.99. The number of furan rings is 1. The van der Waals surface area contributed by atoms with E-state index in [2.05, 4.69) is 22.6 Å². The van der Waals surface area contributed by atoms with Crippen LogP contribution in [0.4, 0.5) is 4.79 Å². The smallest absolute Gasteiger partial charge is 0.315 e. The molecule has 1 aliphatic rings. The Hall–Kier alpha value is -1.49. The first-order chi connectivity index (χ1) is 8.24. The molecule has 1 aromatic heterocycles. The number of hydrogen-bond acceptors (Lipinski definition) is 3. The Kier molecular flexibility index (Phi) is 4.03. The summed E-state index contributed by atoms with van der Waals surface area (Å²) in [6.07, 6.45) is 3.79. The molecule has 0 bridgehead atoms. The molecule has 1 fully saturated rings. The lowest BCUT2D eigenvalue weighted by molar-refractivity contribution is 0.208. The highest BCUT2D eigenvalue weighted by Gasteiger charge is 2.18. The number of rotatable bonds is 3. The number of carbonyl (C=O) groups excluding carboxylic acids is 1. The molecule has 2 amide bonds. The SMILES string of the molecule is CN1CCCC(NC(=O)NCc2ccco2)C1. The van der Waals surface area contributed by atoms with Gasteiger partial charge in [-0.05, 0) is 38.6 Å². The van der Waals surface area contributed by atoms with Crippen molar-refractivity contribution in [1.82, 2.24) is 15.5 Å². The molecule has 0 radical (unpaired) electrons. The van der Waals surface area contributed by atoms with Crippen LogP contribution < -0.4 is 10.6 Å². The fraction of sp³-hybridized carbons (Fsp3) is 0.583. The molecule has 17 heavy (non-hydrogen) atoms. The van der Waals surface area contributed by atoms with Crippen LogP contribution in [0.15, 0.2) is 22.8 Å². The van der Waals surface area contributed by atoms with Crippen molar-refractivity contribution in [2.45, 2.75) is 25.4 Å². The summed E-state index contributed by atoms with van der Waals surface area (Å²) in [6.45, 7) is 2.47. The van der Waals surface area contributed by atoms with Crippen molar-refractivity contribution in [2.24, 2.45) is 0 Å². The molecule has 0 aliphatic carbocycles. The van der Waals surface area contributed by atoms with Crippen molar-refractivity contribution in [1.29, 1.82) is 0 Å². The third kappa shape index (κ3) is 3.78. The molecule has 1 aromatic rings. The van der Waals surface area contributed by atoms with Crippen LogP contribution in [0.3, 0.4) is 0 Å². The number of hydrogen-bond donors (Lipinski definition) is 2. The molecule has 5 heteroatoms. The number of amides is 2. The van der Waals surface area contributed by atoms with E-state index in [1.165, 1.54) is 0 Å². The number of likely N-dealkylation sites (N-methyl/N-ethyl adjacent to an activating group) is 1. The summed E-state index contributed by atoms with van der Waals surface area (Å²) < 4.78 is 5.14. The second-order valence-electron chi connectivity index (χ2n) is 4.51. The van der Waals surface area contributed by atoms with Crippen LogP contribution in [-0.4, -0.2) is 37.1 Å². The first-order valence-corrected chi connectivity index (χ1v) is 5.99. The Morgan fingerprint density at radius 2 is 2.53 bits per heavy atom. The maximum Gasteiger partial charge on any atom is 0.315 e. The van der Waals surface area contributed by atoms with E-state index >= 15 is 0 Å². The van der Waals surface area contributed by atoms with E-state index in [0.717, 1.165) is 31.7 Å². The van der Waals surface area contributed by atoms with Crippen LogP contribution in [-0.2, 0) is 6.54 Å². The van der Waals surface area contributed by atoms with Gasteiger partial charge in [-0.1, -0.05) is 0 Å². The highest BCUT2D eigenvalue weighted by molar-refractivity contribution is 5.74. The highest BCUT2D eigenvalue weighted by Crippen LogP contribution is 2.07. The number of likely N-dealkylation sites (tertiary alicyclic amines) is 1. The van der Waals surface area contributed by atoms with Gasteiger partial charge in [0.1, 0.15) is 5.76 Å². The summed E-state index contributed by atoms with van der Waals surface area (Å²) in [5.74, 6) is 0.765. The van der Waals surface area contributed by atoms with Crippen LogP contribution in [0, 0.1) is 0 Å². The molecular weight excluding hydrogens is 218 g/mol. The van der Waals surface area contributed by atoms with Crippen molar-refractivity contribution in [3.8, 4) is 0 Å². The van der Waals surface area contributed by atoms with E-state index in [1.807, 2.05) is 12.1 Å². The molecule has 1 aliphatic heterocycles. The lowest BCUT2D eigenvalue weighted by atomic mass is 10.1. The molecule has 1 unspecified atom stereocenters. The zero-order valence-corrected chi connectivity index (χ0v) is 10.1. The van der Waals surface area contributed by atoms with Gasteiger partial charge in [0.05, 0.1) is 12.8 Å². The fourth-order valence-electron chi connectivity index (χ4n) is 2.10. The molecule has 0 aromatic carbocycles. The summed E-state index contributed by atoms with van der Waals surface area (Å²) in [5, 5.41) is 5.76. The standard InChI is InChI=1S/C12H19N3O2/c1-15-6-2-4-10(9-15)14-12(16)13-8-11-5-3-7-17-11/h3,5,7,10H,2,4,6,8-9H2,1H3,(H2,13,14,16). The van der Waals surface area contributed by atoms with Crippen LogP contribution in [0.1, 0.15) is 18.6 Å². The summed E-state index contributed by atoms with van der Waals surface area (Å²) in [7, 11) is 2.08. The van der Waals surface area contributed by atoms with Gasteiger partial charge in [-0.2, -0.15) is 0 Å². The molecule has 2 rings (SSSR count). The van der Waals surface area contributed by atoms with Crippen molar-refractivity contribution in [3.63, 3.8) is 0 Å². The second-order valence-corrected chi connectivity index (χ2v) is 4.51. The molecular formula is C12H19N3O2. The Bertz CT molecular complexity index is 351. The number of urea groups is 1. The van der Waals surface area contributed by atoms with E-state index < -0.39 is 0 Å². The largest absolute Gasteiger partial charge is 0.467 e. The fourth-order valence-corrected chi connectivity index (χ4v) is 2.10. The lowest BCUT2D eigenvalue weighted by Crippen LogP contribution is -2.49. The monoisotopic (exact) mass is 237 g/mol. The predicted molar refractivity (Wildman–Crippen MR) is 64.6 cm³/mol. The maximum atomic E-state index is 11.6. The molecule has 1 atom stereocenters. The van der Waals surface area contributed by atoms with Crippen molar-refractivity contribution in [2.75, 3.05) is 20.1 Å². The minimum atomic E-state index is -0.123. The van der Waals surface area contributed by atoms with Gasteiger partial charge in [0.25, 0.3) is 0 Å². The Morgan fingerprint density at radius 3 is 3.24 bits per heavy atom. The number of piperidine rings is 1. The third-order valence-electron chi connectivity index (χ3n) is 2.96. The van der Waals surface area contributed by atoms with Crippen molar-refractivity contribution >= 4 is 6.03 Å². The Morgan fingerprint density at radius 1 is 1.65 bits per heavy atom. The van der Waals surface area contributed by atoms with E-state index in [0.29, 0.717) is 6.54 Å². The van der Waals surface area contributed by atoms with Gasteiger partial charge in [0, 0.05) is 12.6 Å². The first kappa shape index (κ1) is 12.0. The number of nitrogens with one attached hydrogen (secondary N) is 2. The average molecular weight is 237 g/mol. The quantitative estimate of drug-likeness (QED) is 0.829. The van der Waals surface area contributed by atoms with Gasteiger partial charge in [0.2, 0.25) is 0 Å². The highest BCUT2D eigenvalue weighted by atomic mass is 16.3. The topological polar surface area (TPSA) is 57.5 Å². The lowest BCUT2D eigenvalue weighted by Gasteiger charge is -2.30. The van der Waals surface area contributed by atoms with E-state index in [1.54, 1.807) is 6.26 Å². The van der Waals surface area contributed by atoms with Gasteiger partial charge in [-0.15, -0.1) is 0 Å². The van der Waals surface area contributed by atoms with Crippen molar-refractivity contribution < 1.29 is 9.21 Å². The Labute approximate surface area is 101 Å². The molecule has 2 N–H and O–H groups in total. The van der Waals surface area contributed by atoms with E-state index in [-0.39, 0.29) is 12.1 Å². The molecule has 94 valence electrons.